The molecule has 0 radical (unpaired) electrons. The quantitative estimate of drug-likeness (QED) is 0.132. The van der Waals surface area contributed by atoms with E-state index < -0.39 is 85.7 Å². The molecule has 14 heteroatoms. The highest BCUT2D eigenvalue weighted by Gasteiger charge is 2.54. The van der Waals surface area contributed by atoms with E-state index in [1.165, 1.54) is 48.5 Å². The predicted octanol–water partition coefficient (Wildman–Crippen LogP) is 4.37. The maximum absolute atomic E-state index is 13.7. The molecule has 1 fully saturated rings. The molecule has 0 saturated carbocycles. The molecule has 5 rings (SSSR count). The monoisotopic (exact) mass is 740 g/mol. The van der Waals surface area contributed by atoms with Crippen molar-refractivity contribution in [3.8, 4) is 0 Å². The van der Waals surface area contributed by atoms with Crippen molar-refractivity contribution in [3.05, 3.63) is 144 Å². The summed E-state index contributed by atoms with van der Waals surface area (Å²) in [6, 6.07) is 31.4. The number of benzene rings is 4. The van der Waals surface area contributed by atoms with Gasteiger partial charge in [0, 0.05) is 0 Å². The predicted molar refractivity (Wildman–Crippen MR) is 186 cm³/mol. The molecule has 0 N–H and O–H groups in total. The highest BCUT2D eigenvalue weighted by molar-refractivity contribution is 5.91. The molecule has 0 spiro atoms. The fraction of sp³-hybridized carbons (Fsp3) is 0.250. The summed E-state index contributed by atoms with van der Waals surface area (Å²) in [6.07, 6.45) is -10.9. The summed E-state index contributed by atoms with van der Waals surface area (Å²) >= 11 is 0. The van der Waals surface area contributed by atoms with Crippen LogP contribution in [0, 0.1) is 0 Å². The van der Waals surface area contributed by atoms with Gasteiger partial charge in [-0.1, -0.05) is 72.8 Å². The summed E-state index contributed by atoms with van der Waals surface area (Å²) in [5, 5.41) is 0. The molecule has 1 saturated heterocycles. The van der Waals surface area contributed by atoms with Crippen LogP contribution in [0.15, 0.2) is 121 Å². The van der Waals surface area contributed by atoms with Crippen LogP contribution >= 0.6 is 0 Å². The van der Waals surface area contributed by atoms with Gasteiger partial charge < -0.3 is 37.9 Å². The summed E-state index contributed by atoms with van der Waals surface area (Å²) in [6.45, 7) is -0.626. The maximum atomic E-state index is 13.7. The van der Waals surface area contributed by atoms with Crippen LogP contribution < -0.4 is 0 Å². The fourth-order valence-corrected chi connectivity index (χ4v) is 5.35. The summed E-state index contributed by atoms with van der Waals surface area (Å²) in [4.78, 5) is 79.4. The first-order chi connectivity index (χ1) is 26.2. The van der Waals surface area contributed by atoms with E-state index in [0.29, 0.717) is 0 Å². The zero-order valence-electron chi connectivity index (χ0n) is 29.1. The van der Waals surface area contributed by atoms with E-state index in [1.54, 1.807) is 72.8 Å². The van der Waals surface area contributed by atoms with Crippen molar-refractivity contribution in [2.24, 2.45) is 0 Å². The number of hydrogen-bond acceptors (Lipinski definition) is 14. The van der Waals surface area contributed by atoms with E-state index in [2.05, 4.69) is 0 Å². The van der Waals surface area contributed by atoms with Crippen molar-refractivity contribution in [2.75, 3.05) is 20.8 Å². The molecule has 6 atom stereocenters. The van der Waals surface area contributed by atoms with Crippen LogP contribution in [0.25, 0.3) is 0 Å². The van der Waals surface area contributed by atoms with Crippen LogP contribution in [0.3, 0.4) is 0 Å². The maximum Gasteiger partial charge on any atom is 0.338 e. The van der Waals surface area contributed by atoms with Crippen LogP contribution in [0.4, 0.5) is 0 Å². The lowest BCUT2D eigenvalue weighted by molar-refractivity contribution is -0.307. The number of methoxy groups -OCH3 is 2. The van der Waals surface area contributed by atoms with E-state index in [-0.39, 0.29) is 22.3 Å². The molecule has 0 unspecified atom stereocenters. The largest absolute Gasteiger partial charge is 0.469 e. The van der Waals surface area contributed by atoms with Gasteiger partial charge in [-0.25, -0.2) is 24.0 Å². The van der Waals surface area contributed by atoms with Crippen molar-refractivity contribution >= 4 is 35.8 Å². The first-order valence-corrected chi connectivity index (χ1v) is 16.6. The molecule has 280 valence electrons. The van der Waals surface area contributed by atoms with Crippen LogP contribution in [0.5, 0.6) is 0 Å². The Balaban J connectivity index is 1.61. The lowest BCUT2D eigenvalue weighted by Crippen LogP contribution is -2.63. The number of rotatable bonds is 14. The Morgan fingerprint density at radius 1 is 0.537 bits per heavy atom. The van der Waals surface area contributed by atoms with Gasteiger partial charge in [0.25, 0.3) is 0 Å². The highest BCUT2D eigenvalue weighted by Crippen LogP contribution is 2.33. The average Bonchev–Trinajstić information content (AvgIpc) is 3.22. The molecule has 1 heterocycles. The van der Waals surface area contributed by atoms with Crippen molar-refractivity contribution in [1.82, 2.24) is 0 Å². The molecule has 4 aromatic rings. The Morgan fingerprint density at radius 2 is 0.944 bits per heavy atom. The summed E-state index contributed by atoms with van der Waals surface area (Å²) < 4.78 is 45.3. The second-order valence-corrected chi connectivity index (χ2v) is 11.6. The smallest absolute Gasteiger partial charge is 0.338 e. The second-order valence-electron chi connectivity index (χ2n) is 11.6. The molecule has 0 bridgehead atoms. The van der Waals surface area contributed by atoms with Gasteiger partial charge in [0.2, 0.25) is 0 Å². The summed E-state index contributed by atoms with van der Waals surface area (Å²) in [5.74, 6) is -5.44. The van der Waals surface area contributed by atoms with Crippen molar-refractivity contribution in [1.29, 1.82) is 0 Å². The first kappa shape index (κ1) is 38.8. The van der Waals surface area contributed by atoms with Gasteiger partial charge in [-0.3, -0.25) is 4.79 Å². The third kappa shape index (κ3) is 10.1. The van der Waals surface area contributed by atoms with Crippen molar-refractivity contribution < 1.29 is 66.7 Å². The van der Waals surface area contributed by atoms with Gasteiger partial charge in [0.1, 0.15) is 12.7 Å². The summed E-state index contributed by atoms with van der Waals surface area (Å²) in [5.41, 5.74) is 0.434. The van der Waals surface area contributed by atoms with Crippen molar-refractivity contribution in [2.45, 2.75) is 43.2 Å². The molecule has 14 nitrogen and oxygen atoms in total. The highest BCUT2D eigenvalue weighted by atomic mass is 16.7. The number of carbonyl (C=O) groups is 6. The van der Waals surface area contributed by atoms with E-state index >= 15 is 0 Å². The SMILES string of the molecule is COC(=O)C[C@H](O[C@@H]1O[C@H](COC(=O)c2ccccc2)[C@@H](OC(=O)c2ccccc2)[C@H](OC(=O)c2ccccc2)[C@H]1OC(=O)c1ccccc1)C(=O)OC. The van der Waals surface area contributed by atoms with Gasteiger partial charge in [0.05, 0.1) is 42.9 Å². The third-order valence-electron chi connectivity index (χ3n) is 8.08. The first-order valence-electron chi connectivity index (χ1n) is 16.6. The number of hydrogen-bond donors (Lipinski definition) is 0. The molecule has 0 aromatic heterocycles. The van der Waals surface area contributed by atoms with E-state index in [0.717, 1.165) is 14.2 Å². The fourth-order valence-electron chi connectivity index (χ4n) is 5.35. The lowest BCUT2D eigenvalue weighted by atomic mass is 9.97. The molecular weight excluding hydrogens is 704 g/mol. The molecule has 0 aliphatic carbocycles. The molecule has 1 aliphatic rings. The van der Waals surface area contributed by atoms with Crippen LogP contribution in [0.1, 0.15) is 47.9 Å². The van der Waals surface area contributed by atoms with Gasteiger partial charge >= 0.3 is 35.8 Å². The van der Waals surface area contributed by atoms with Crippen molar-refractivity contribution in [3.63, 3.8) is 0 Å². The topological polar surface area (TPSA) is 176 Å². The minimum absolute atomic E-state index is 0.0696. The lowest BCUT2D eigenvalue weighted by Gasteiger charge is -2.44. The standard InChI is InChI=1S/C40H36O14/c1-47-31(41)23-29(39(46)48-2)50-40-34(54-38(45)28-21-13-6-14-22-28)33(53-37(44)27-19-11-5-12-20-27)32(52-36(43)26-17-9-4-10-18-26)30(51-40)24-49-35(42)25-15-7-3-8-16-25/h3-22,29-30,32-34,40H,23-24H2,1-2H3/t29-,30+,32+,33-,34+,40+/m0/s1. The Hall–Kier alpha value is -6.38. The average molecular weight is 741 g/mol. The Labute approximate surface area is 309 Å². The molecule has 0 amide bonds. The summed E-state index contributed by atoms with van der Waals surface area (Å²) in [7, 11) is 2.15. The Bertz CT molecular complexity index is 1890. The Kier molecular flexibility index (Phi) is 13.6. The van der Waals surface area contributed by atoms with E-state index in [4.69, 9.17) is 37.9 Å². The molecular formula is C40H36O14. The normalized spacial score (nSPS) is 19.6. The van der Waals surface area contributed by atoms with Crippen LogP contribution in [-0.2, 0) is 47.5 Å². The van der Waals surface area contributed by atoms with E-state index in [9.17, 15) is 28.8 Å². The third-order valence-corrected chi connectivity index (χ3v) is 8.08. The van der Waals surface area contributed by atoms with Gasteiger partial charge in [-0.15, -0.1) is 0 Å². The molecule has 4 aromatic carbocycles. The van der Waals surface area contributed by atoms with Gasteiger partial charge in [0.15, 0.2) is 30.7 Å². The van der Waals surface area contributed by atoms with Gasteiger partial charge in [-0.2, -0.15) is 0 Å². The second kappa shape index (κ2) is 18.9. The van der Waals surface area contributed by atoms with Crippen LogP contribution in [-0.4, -0.2) is 93.5 Å². The minimum Gasteiger partial charge on any atom is -0.469 e. The van der Waals surface area contributed by atoms with Gasteiger partial charge in [-0.05, 0) is 48.5 Å². The zero-order valence-corrected chi connectivity index (χ0v) is 29.1. The van der Waals surface area contributed by atoms with Crippen LogP contribution in [0.2, 0.25) is 0 Å². The Morgan fingerprint density at radius 3 is 1.37 bits per heavy atom. The molecule has 1 aliphatic heterocycles. The minimum atomic E-state index is -1.84. The molecule has 54 heavy (non-hydrogen) atoms. The zero-order chi connectivity index (χ0) is 38.5. The van der Waals surface area contributed by atoms with E-state index in [1.807, 2.05) is 0 Å². The number of esters is 6. The number of ether oxygens (including phenoxy) is 8. The number of carbonyl (C=O) groups excluding carboxylic acids is 6.